The molecule has 252 valence electrons. The van der Waals surface area contributed by atoms with Gasteiger partial charge in [-0.15, -0.1) is 0 Å². The first-order valence-corrected chi connectivity index (χ1v) is 16.4. The molecule has 2 N–H and O–H groups in total. The number of alkyl halides is 1. The lowest BCUT2D eigenvalue weighted by molar-refractivity contribution is -0.139. The molecule has 0 unspecified atom stereocenters. The van der Waals surface area contributed by atoms with Crippen LogP contribution in [0.1, 0.15) is 80.9 Å². The summed E-state index contributed by atoms with van der Waals surface area (Å²) in [7, 11) is 1.96. The van der Waals surface area contributed by atoms with Gasteiger partial charge in [-0.25, -0.2) is 8.78 Å². The molecule has 1 aromatic carbocycles. The van der Waals surface area contributed by atoms with Crippen molar-refractivity contribution >= 4 is 23.5 Å². The third kappa shape index (κ3) is 8.57. The van der Waals surface area contributed by atoms with Gasteiger partial charge in [0.15, 0.2) is 12.0 Å². The number of halogens is 2. The van der Waals surface area contributed by atoms with Gasteiger partial charge in [-0.2, -0.15) is 5.10 Å². The topological polar surface area (TPSA) is 117 Å². The molecule has 1 aliphatic carbocycles. The fourth-order valence-corrected chi connectivity index (χ4v) is 6.45. The van der Waals surface area contributed by atoms with Crippen molar-refractivity contribution in [1.29, 1.82) is 0 Å². The van der Waals surface area contributed by atoms with Gasteiger partial charge in [0.25, 0.3) is 11.8 Å². The van der Waals surface area contributed by atoms with Crippen molar-refractivity contribution in [2.45, 2.75) is 90.5 Å². The number of ketones is 1. The first kappa shape index (κ1) is 35.2. The number of carbonyl (C=O) groups is 4. The van der Waals surface area contributed by atoms with Crippen molar-refractivity contribution in [2.24, 2.45) is 11.8 Å². The van der Waals surface area contributed by atoms with Crippen molar-refractivity contribution in [1.82, 2.24) is 30.2 Å². The fourth-order valence-electron chi connectivity index (χ4n) is 6.45. The number of aryl methyl sites for hydroxylation is 1. The normalized spacial score (nSPS) is 21.6. The molecule has 2 aliphatic rings. The average Bonchev–Trinajstić information content (AvgIpc) is 3.52. The number of aromatic nitrogens is 2. The highest BCUT2D eigenvalue weighted by Gasteiger charge is 2.36. The average molecular weight is 643 g/mol. The van der Waals surface area contributed by atoms with Crippen LogP contribution < -0.4 is 10.6 Å². The summed E-state index contributed by atoms with van der Waals surface area (Å²) in [4.78, 5) is 56.6. The maximum Gasteiger partial charge on any atom is 0.270 e. The van der Waals surface area contributed by atoms with Crippen LogP contribution in [0.5, 0.6) is 0 Å². The van der Waals surface area contributed by atoms with Crippen LogP contribution in [0.15, 0.2) is 30.5 Å². The highest BCUT2D eigenvalue weighted by molar-refractivity contribution is 5.97. The highest BCUT2D eigenvalue weighted by Crippen LogP contribution is 2.32. The Bertz CT molecular complexity index is 1380. The van der Waals surface area contributed by atoms with E-state index < -0.39 is 35.9 Å². The van der Waals surface area contributed by atoms with Gasteiger partial charge in [0, 0.05) is 51.3 Å². The van der Waals surface area contributed by atoms with Crippen LogP contribution in [0.2, 0.25) is 0 Å². The Morgan fingerprint density at radius 3 is 2.28 bits per heavy atom. The van der Waals surface area contributed by atoms with E-state index in [0.717, 1.165) is 32.6 Å². The maximum atomic E-state index is 15.7. The Labute approximate surface area is 270 Å². The Balaban J connectivity index is 1.53. The van der Waals surface area contributed by atoms with E-state index >= 15 is 4.39 Å². The summed E-state index contributed by atoms with van der Waals surface area (Å²) in [6, 6.07) is 4.18. The Hall–Kier alpha value is -3.67. The number of rotatable bonds is 12. The second-order valence-electron chi connectivity index (χ2n) is 13.0. The molecule has 0 spiro atoms. The van der Waals surface area contributed by atoms with Crippen molar-refractivity contribution in [3.05, 3.63) is 53.1 Å². The summed E-state index contributed by atoms with van der Waals surface area (Å²) in [6.07, 6.45) is 2.98. The van der Waals surface area contributed by atoms with E-state index in [1.807, 2.05) is 14.0 Å². The summed E-state index contributed by atoms with van der Waals surface area (Å²) in [5.74, 6) is -2.73. The van der Waals surface area contributed by atoms with Crippen LogP contribution in [0.25, 0.3) is 0 Å². The number of benzene rings is 1. The second-order valence-corrected chi connectivity index (χ2v) is 13.0. The van der Waals surface area contributed by atoms with Crippen molar-refractivity contribution in [3.8, 4) is 0 Å². The fraction of sp³-hybridized carbons (Fsp3) is 0.618. The summed E-state index contributed by atoms with van der Waals surface area (Å²) < 4.78 is 31.1. The number of Topliss-reactive ketones (excluding diaryl/α,β-unsaturated/α-hetero) is 1. The third-order valence-electron chi connectivity index (χ3n) is 9.62. The summed E-state index contributed by atoms with van der Waals surface area (Å²) >= 11 is 0. The molecular weight excluding hydrogens is 594 g/mol. The van der Waals surface area contributed by atoms with E-state index in [0.29, 0.717) is 49.9 Å². The molecule has 0 radical (unpaired) electrons. The molecule has 3 amide bonds. The first-order valence-electron chi connectivity index (χ1n) is 16.4. The van der Waals surface area contributed by atoms with Gasteiger partial charge < -0.3 is 20.4 Å². The minimum atomic E-state index is -1.82. The zero-order valence-electron chi connectivity index (χ0n) is 27.6. The summed E-state index contributed by atoms with van der Waals surface area (Å²) in [5, 5.41) is 9.65. The number of hydrogen-bond donors (Lipinski definition) is 2. The number of amides is 3. The van der Waals surface area contributed by atoms with Gasteiger partial charge in [-0.1, -0.05) is 38.8 Å². The van der Waals surface area contributed by atoms with Crippen LogP contribution in [0.4, 0.5) is 8.78 Å². The van der Waals surface area contributed by atoms with Crippen LogP contribution in [-0.4, -0.2) is 94.6 Å². The second kappa shape index (κ2) is 15.8. The van der Waals surface area contributed by atoms with Gasteiger partial charge in [-0.05, 0) is 68.8 Å². The highest BCUT2D eigenvalue weighted by atomic mass is 19.1. The molecule has 1 aromatic heterocycles. The number of likely N-dealkylation sites (N-methyl/N-ethyl adjacent to an activating group) is 1. The zero-order valence-corrected chi connectivity index (χ0v) is 27.6. The monoisotopic (exact) mass is 642 g/mol. The molecule has 1 aliphatic heterocycles. The van der Waals surface area contributed by atoms with Gasteiger partial charge in [-0.3, -0.25) is 23.9 Å². The molecule has 2 aromatic rings. The van der Waals surface area contributed by atoms with Crippen LogP contribution in [0.3, 0.4) is 0 Å². The third-order valence-corrected chi connectivity index (χ3v) is 9.62. The molecule has 12 heteroatoms. The van der Waals surface area contributed by atoms with Gasteiger partial charge in [0.05, 0.1) is 6.04 Å². The molecule has 2 fully saturated rings. The molecule has 10 nitrogen and oxygen atoms in total. The van der Waals surface area contributed by atoms with E-state index in [1.54, 1.807) is 34.8 Å². The molecule has 4 atom stereocenters. The SMILES string of the molecule is CCn1nccc1C(=O)N[C@H](C(=O)Cc1ccc([C@H](C)[C@@H](NC(=O)[C@@H](C)F)C(=O)N2CCN(C)CC2)cc1F)C1CCC(C)CC1. The standard InChI is InChI=1S/C34H48F2N6O4/c1-6-42-28(13-14-37-42)33(45)39-31(24-9-7-21(2)8-10-24)29(43)20-26-12-11-25(19-27(26)36)22(3)30(38-32(44)23(4)35)34(46)41-17-15-40(5)16-18-41/h11-14,19,21-24,30-31H,6-10,15-18,20H2,1-5H3,(H,38,44)(H,39,45)/t21?,22-,23+,24?,30+,31-/m0/s1. The molecular formula is C34H48F2N6O4. The molecule has 46 heavy (non-hydrogen) atoms. The predicted octanol–water partition coefficient (Wildman–Crippen LogP) is 3.50. The van der Waals surface area contributed by atoms with E-state index in [1.165, 1.54) is 12.1 Å². The quantitative estimate of drug-likeness (QED) is 0.366. The van der Waals surface area contributed by atoms with Crippen molar-refractivity contribution in [2.75, 3.05) is 33.2 Å². The van der Waals surface area contributed by atoms with Crippen LogP contribution >= 0.6 is 0 Å². The van der Waals surface area contributed by atoms with E-state index in [4.69, 9.17) is 0 Å². The Kier molecular flexibility index (Phi) is 12.0. The van der Waals surface area contributed by atoms with Crippen molar-refractivity contribution < 1.29 is 28.0 Å². The first-order chi connectivity index (χ1) is 21.9. The Morgan fingerprint density at radius 2 is 1.67 bits per heavy atom. The largest absolute Gasteiger partial charge is 0.341 e. The van der Waals surface area contributed by atoms with Gasteiger partial charge >= 0.3 is 0 Å². The zero-order chi connectivity index (χ0) is 33.5. The number of carbonyl (C=O) groups excluding carboxylic acids is 4. The smallest absolute Gasteiger partial charge is 0.270 e. The molecule has 1 saturated heterocycles. The number of nitrogens with zero attached hydrogens (tertiary/aromatic N) is 4. The van der Waals surface area contributed by atoms with Gasteiger partial charge in [0.1, 0.15) is 17.6 Å². The van der Waals surface area contributed by atoms with Crippen LogP contribution in [-0.2, 0) is 27.3 Å². The lowest BCUT2D eigenvalue weighted by Crippen LogP contribution is -2.56. The predicted molar refractivity (Wildman–Crippen MR) is 170 cm³/mol. The van der Waals surface area contributed by atoms with Crippen LogP contribution in [0, 0.1) is 17.7 Å². The lowest BCUT2D eigenvalue weighted by atomic mass is 9.77. The number of hydrogen-bond acceptors (Lipinski definition) is 6. The summed E-state index contributed by atoms with van der Waals surface area (Å²) in [5.41, 5.74) is 0.974. The Morgan fingerprint density at radius 1 is 1.00 bits per heavy atom. The lowest BCUT2D eigenvalue weighted by Gasteiger charge is -2.36. The van der Waals surface area contributed by atoms with E-state index in [-0.39, 0.29) is 35.5 Å². The number of nitrogens with one attached hydrogen (secondary N) is 2. The number of piperazine rings is 1. The molecule has 2 heterocycles. The molecule has 4 rings (SSSR count). The molecule has 1 saturated carbocycles. The summed E-state index contributed by atoms with van der Waals surface area (Å²) in [6.45, 7) is 9.62. The van der Waals surface area contributed by atoms with E-state index in [2.05, 4.69) is 27.6 Å². The molecule has 0 bridgehead atoms. The maximum absolute atomic E-state index is 15.7. The van der Waals surface area contributed by atoms with Crippen molar-refractivity contribution in [3.63, 3.8) is 0 Å². The van der Waals surface area contributed by atoms with E-state index in [9.17, 15) is 23.6 Å². The minimum Gasteiger partial charge on any atom is -0.341 e. The minimum absolute atomic E-state index is 0.0594. The van der Waals surface area contributed by atoms with Gasteiger partial charge in [0.2, 0.25) is 5.91 Å².